The topological polar surface area (TPSA) is 93.4 Å². The fourth-order valence-electron chi connectivity index (χ4n) is 4.03. The molecule has 0 spiro atoms. The first-order valence-electron chi connectivity index (χ1n) is 11.3. The van der Waals surface area contributed by atoms with Crippen molar-refractivity contribution in [3.05, 3.63) is 58.9 Å². The molecule has 0 saturated carbocycles. The van der Waals surface area contributed by atoms with Crippen molar-refractivity contribution in [2.45, 2.75) is 6.54 Å². The molecule has 2 N–H and O–H groups in total. The Morgan fingerprint density at radius 1 is 1.20 bits per heavy atom. The van der Waals surface area contributed by atoms with Gasteiger partial charge in [-0.15, -0.1) is 0 Å². The lowest BCUT2D eigenvalue weighted by molar-refractivity contribution is 0.187. The zero-order valence-corrected chi connectivity index (χ0v) is 20.3. The van der Waals surface area contributed by atoms with Gasteiger partial charge in [0.15, 0.2) is 0 Å². The van der Waals surface area contributed by atoms with Crippen LogP contribution in [0.4, 0.5) is 14.9 Å². The monoisotopic (exact) mass is 480 g/mol. The number of amides is 2. The van der Waals surface area contributed by atoms with Gasteiger partial charge in [0.25, 0.3) is 0 Å². The first-order valence-corrected chi connectivity index (χ1v) is 11.3. The number of nitrogens with one attached hydrogen (secondary N) is 2. The maximum absolute atomic E-state index is 15.1. The number of hydrogen-bond donors (Lipinski definition) is 2. The molecule has 9 nitrogen and oxygen atoms in total. The molecule has 2 heterocycles. The first-order chi connectivity index (χ1) is 16.8. The standard InChI is InChI=1S/C25H29FN6O3/c1-30(2)10-9-27-24(33)29-17-6-7-18(20(26)14-17)16-5-8-21-19(13-16)23-22(15-28-21)31(3)25(34)32(23)11-12-35-4/h5-8,13-15H,9-12H2,1-4H3,(H2,27,29,33). The number of carbonyl (C=O) groups is 1. The lowest BCUT2D eigenvalue weighted by Gasteiger charge is -2.12. The number of fused-ring (bicyclic) bond motifs is 3. The predicted octanol–water partition coefficient (Wildman–Crippen LogP) is 3.02. The Hall–Kier alpha value is -3.76. The van der Waals surface area contributed by atoms with Gasteiger partial charge in [-0.3, -0.25) is 14.1 Å². The van der Waals surface area contributed by atoms with Crippen molar-refractivity contribution in [1.82, 2.24) is 24.3 Å². The average molecular weight is 481 g/mol. The largest absolute Gasteiger partial charge is 0.383 e. The summed E-state index contributed by atoms with van der Waals surface area (Å²) in [5.41, 5.74) is 3.33. The minimum atomic E-state index is -0.472. The number of methoxy groups -OCH3 is 1. The Labute approximate surface area is 202 Å². The Morgan fingerprint density at radius 2 is 2.00 bits per heavy atom. The molecular weight excluding hydrogens is 451 g/mol. The number of likely N-dealkylation sites (N-methyl/N-ethyl adjacent to an activating group) is 1. The zero-order valence-electron chi connectivity index (χ0n) is 20.3. The van der Waals surface area contributed by atoms with Crippen molar-refractivity contribution < 1.29 is 13.9 Å². The van der Waals surface area contributed by atoms with E-state index in [4.69, 9.17) is 4.74 Å². The molecule has 4 aromatic rings. The minimum Gasteiger partial charge on any atom is -0.383 e. The van der Waals surface area contributed by atoms with Gasteiger partial charge in [-0.2, -0.15) is 0 Å². The van der Waals surface area contributed by atoms with Crippen LogP contribution in [-0.4, -0.2) is 66.0 Å². The van der Waals surface area contributed by atoms with Crippen molar-refractivity contribution in [1.29, 1.82) is 0 Å². The first kappa shape index (κ1) is 24.4. The maximum atomic E-state index is 15.1. The summed E-state index contributed by atoms with van der Waals surface area (Å²) in [6, 6.07) is 9.63. The van der Waals surface area contributed by atoms with Gasteiger partial charge in [-0.05, 0) is 50.0 Å². The summed E-state index contributed by atoms with van der Waals surface area (Å²) in [4.78, 5) is 31.3. The number of hydrogen-bond acceptors (Lipinski definition) is 5. The lowest BCUT2D eigenvalue weighted by atomic mass is 10.0. The van der Waals surface area contributed by atoms with E-state index in [0.29, 0.717) is 54.1 Å². The van der Waals surface area contributed by atoms with E-state index >= 15 is 4.39 Å². The number of imidazole rings is 1. The third-order valence-corrected chi connectivity index (χ3v) is 5.87. The molecule has 4 rings (SSSR count). The van der Waals surface area contributed by atoms with Crippen LogP contribution in [0.25, 0.3) is 33.1 Å². The molecule has 35 heavy (non-hydrogen) atoms. The van der Waals surface area contributed by atoms with Gasteiger partial charge < -0.3 is 20.3 Å². The summed E-state index contributed by atoms with van der Waals surface area (Å²) >= 11 is 0. The third-order valence-electron chi connectivity index (χ3n) is 5.87. The normalized spacial score (nSPS) is 11.5. The van der Waals surface area contributed by atoms with Crippen LogP contribution in [0, 0.1) is 5.82 Å². The van der Waals surface area contributed by atoms with Gasteiger partial charge in [-0.1, -0.05) is 6.07 Å². The lowest BCUT2D eigenvalue weighted by Crippen LogP contribution is -2.34. The molecule has 0 bridgehead atoms. The van der Waals surface area contributed by atoms with E-state index in [1.54, 1.807) is 47.7 Å². The molecule has 0 aliphatic rings. The molecule has 0 aliphatic carbocycles. The summed E-state index contributed by atoms with van der Waals surface area (Å²) < 4.78 is 23.5. The van der Waals surface area contributed by atoms with Gasteiger partial charge in [0, 0.05) is 43.9 Å². The molecule has 2 aromatic carbocycles. The molecule has 2 amide bonds. The van der Waals surface area contributed by atoms with E-state index in [9.17, 15) is 9.59 Å². The molecule has 184 valence electrons. The number of ether oxygens (including phenoxy) is 1. The average Bonchev–Trinajstić information content (AvgIpc) is 3.07. The van der Waals surface area contributed by atoms with Crippen LogP contribution in [0.15, 0.2) is 47.4 Å². The Kier molecular flexibility index (Phi) is 7.13. The van der Waals surface area contributed by atoms with Crippen LogP contribution in [0.2, 0.25) is 0 Å². The van der Waals surface area contributed by atoms with E-state index in [2.05, 4.69) is 15.6 Å². The SMILES string of the molecule is COCCn1c(=O)n(C)c2cnc3ccc(-c4ccc(NC(=O)NCCN(C)C)cc4F)cc3c21. The molecular formula is C25H29FN6O3. The number of rotatable bonds is 8. The van der Waals surface area contributed by atoms with Crippen molar-refractivity contribution in [3.8, 4) is 11.1 Å². The number of aryl methyl sites for hydroxylation is 1. The summed E-state index contributed by atoms with van der Waals surface area (Å²) in [7, 11) is 7.12. The highest BCUT2D eigenvalue weighted by Crippen LogP contribution is 2.31. The number of urea groups is 1. The van der Waals surface area contributed by atoms with E-state index in [1.807, 2.05) is 31.1 Å². The summed E-state index contributed by atoms with van der Waals surface area (Å²) in [5, 5.41) is 6.13. The summed E-state index contributed by atoms with van der Waals surface area (Å²) in [6.07, 6.45) is 1.67. The molecule has 2 aromatic heterocycles. The predicted molar refractivity (Wildman–Crippen MR) is 135 cm³/mol. The van der Waals surface area contributed by atoms with E-state index in [-0.39, 0.29) is 5.69 Å². The quantitative estimate of drug-likeness (QED) is 0.404. The van der Waals surface area contributed by atoms with Crippen LogP contribution < -0.4 is 16.3 Å². The number of carbonyl (C=O) groups excluding carboxylic acids is 1. The van der Waals surface area contributed by atoms with Crippen LogP contribution in [0.5, 0.6) is 0 Å². The number of pyridine rings is 1. The highest BCUT2D eigenvalue weighted by Gasteiger charge is 2.16. The van der Waals surface area contributed by atoms with E-state index < -0.39 is 11.8 Å². The fraction of sp³-hybridized carbons (Fsp3) is 0.320. The Morgan fingerprint density at radius 3 is 2.71 bits per heavy atom. The second-order valence-electron chi connectivity index (χ2n) is 8.59. The summed E-state index contributed by atoms with van der Waals surface area (Å²) in [6.45, 7) is 1.95. The van der Waals surface area contributed by atoms with Crippen LogP contribution >= 0.6 is 0 Å². The number of anilines is 1. The van der Waals surface area contributed by atoms with Gasteiger partial charge in [0.1, 0.15) is 5.82 Å². The molecule has 0 atom stereocenters. The Balaban J connectivity index is 1.68. The van der Waals surface area contributed by atoms with Crippen molar-refractivity contribution >= 4 is 33.7 Å². The van der Waals surface area contributed by atoms with Crippen LogP contribution in [0.1, 0.15) is 0 Å². The van der Waals surface area contributed by atoms with Gasteiger partial charge >= 0.3 is 11.7 Å². The molecule has 10 heteroatoms. The summed E-state index contributed by atoms with van der Waals surface area (Å²) in [5.74, 6) is -0.472. The number of benzene rings is 2. The smallest absolute Gasteiger partial charge is 0.328 e. The molecule has 0 fully saturated rings. The number of nitrogens with zero attached hydrogens (tertiary/aromatic N) is 4. The van der Waals surface area contributed by atoms with Gasteiger partial charge in [-0.25, -0.2) is 14.0 Å². The van der Waals surface area contributed by atoms with E-state index in [0.717, 1.165) is 10.9 Å². The molecule has 0 saturated heterocycles. The molecule has 0 unspecified atom stereocenters. The van der Waals surface area contributed by atoms with Crippen LogP contribution in [-0.2, 0) is 18.3 Å². The Bertz CT molecular complexity index is 1440. The highest BCUT2D eigenvalue weighted by atomic mass is 19.1. The molecule has 0 aliphatic heterocycles. The fourth-order valence-corrected chi connectivity index (χ4v) is 4.03. The van der Waals surface area contributed by atoms with Crippen LogP contribution in [0.3, 0.4) is 0 Å². The van der Waals surface area contributed by atoms with Gasteiger partial charge in [0.2, 0.25) is 0 Å². The van der Waals surface area contributed by atoms with Crippen molar-refractivity contribution in [2.75, 3.05) is 46.2 Å². The zero-order chi connectivity index (χ0) is 25.1. The third kappa shape index (κ3) is 5.03. The molecule has 0 radical (unpaired) electrons. The number of aromatic nitrogens is 3. The minimum absolute atomic E-state index is 0.165. The highest BCUT2D eigenvalue weighted by molar-refractivity contribution is 6.04. The maximum Gasteiger partial charge on any atom is 0.328 e. The van der Waals surface area contributed by atoms with Gasteiger partial charge in [0.05, 0.1) is 35.9 Å². The van der Waals surface area contributed by atoms with Crippen molar-refractivity contribution in [2.24, 2.45) is 7.05 Å². The second-order valence-corrected chi connectivity index (χ2v) is 8.59. The number of halogens is 1. The second kappa shape index (κ2) is 10.2. The van der Waals surface area contributed by atoms with E-state index in [1.165, 1.54) is 6.07 Å². The van der Waals surface area contributed by atoms with Crippen molar-refractivity contribution in [3.63, 3.8) is 0 Å².